The second kappa shape index (κ2) is 6.95. The topological polar surface area (TPSA) is 21.3 Å². The van der Waals surface area contributed by atoms with Crippen LogP contribution in [0.3, 0.4) is 0 Å². The Morgan fingerprint density at radius 2 is 2.00 bits per heavy atom. The monoisotopic (exact) mass is 261 g/mol. The summed E-state index contributed by atoms with van der Waals surface area (Å²) in [5.74, 6) is 1.04. The third kappa shape index (κ3) is 4.24. The summed E-state index contributed by atoms with van der Waals surface area (Å²) in [5.41, 5.74) is 3.00. The van der Waals surface area contributed by atoms with Crippen LogP contribution in [0.2, 0.25) is 0 Å². The zero-order chi connectivity index (χ0) is 13.7. The van der Waals surface area contributed by atoms with Crippen LogP contribution in [0.15, 0.2) is 18.2 Å². The lowest BCUT2D eigenvalue weighted by Crippen LogP contribution is -2.31. The first-order chi connectivity index (χ1) is 9.19. The summed E-state index contributed by atoms with van der Waals surface area (Å²) in [7, 11) is 0. The summed E-state index contributed by atoms with van der Waals surface area (Å²) < 4.78 is 6.05. The molecule has 0 saturated carbocycles. The molecule has 0 aromatic heterocycles. The van der Waals surface area contributed by atoms with Gasteiger partial charge >= 0.3 is 0 Å². The fourth-order valence-corrected chi connectivity index (χ4v) is 2.87. The van der Waals surface area contributed by atoms with Gasteiger partial charge in [0.05, 0.1) is 6.10 Å². The molecule has 0 fully saturated rings. The molecule has 106 valence electrons. The molecule has 1 aromatic rings. The highest BCUT2D eigenvalue weighted by Gasteiger charge is 2.13. The molecule has 1 aromatic carbocycles. The Bertz CT molecular complexity index is 402. The van der Waals surface area contributed by atoms with Crippen LogP contribution in [0, 0.1) is 0 Å². The van der Waals surface area contributed by atoms with E-state index in [1.165, 1.54) is 36.8 Å². The van der Waals surface area contributed by atoms with Gasteiger partial charge in [0, 0.05) is 6.04 Å². The maximum Gasteiger partial charge on any atom is 0.119 e. The lowest BCUT2D eigenvalue weighted by atomic mass is 10.1. The van der Waals surface area contributed by atoms with Crippen molar-refractivity contribution in [2.24, 2.45) is 0 Å². The van der Waals surface area contributed by atoms with Crippen LogP contribution in [0.1, 0.15) is 51.2 Å². The summed E-state index contributed by atoms with van der Waals surface area (Å²) in [6.07, 6.45) is 6.26. The number of benzene rings is 1. The van der Waals surface area contributed by atoms with E-state index in [1.54, 1.807) is 0 Å². The molecule has 2 atom stereocenters. The van der Waals surface area contributed by atoms with Crippen molar-refractivity contribution in [3.63, 3.8) is 0 Å². The van der Waals surface area contributed by atoms with Gasteiger partial charge in [0.1, 0.15) is 5.75 Å². The first-order valence-corrected chi connectivity index (χ1v) is 7.71. The van der Waals surface area contributed by atoms with Crippen molar-refractivity contribution in [1.82, 2.24) is 5.32 Å². The SMILES string of the molecule is CCCNC(C)CC(C)Oc1ccc2c(c1)CCC2. The van der Waals surface area contributed by atoms with Gasteiger partial charge in [-0.05, 0) is 75.8 Å². The van der Waals surface area contributed by atoms with Gasteiger partial charge in [0.15, 0.2) is 0 Å². The number of hydrogen-bond donors (Lipinski definition) is 1. The molecule has 0 amide bonds. The summed E-state index contributed by atoms with van der Waals surface area (Å²) in [6.45, 7) is 7.69. The second-order valence-electron chi connectivity index (χ2n) is 5.80. The smallest absolute Gasteiger partial charge is 0.119 e. The van der Waals surface area contributed by atoms with E-state index in [4.69, 9.17) is 4.74 Å². The molecule has 1 N–H and O–H groups in total. The van der Waals surface area contributed by atoms with Crippen molar-refractivity contribution in [2.75, 3.05) is 6.54 Å². The Labute approximate surface area is 117 Å². The van der Waals surface area contributed by atoms with Gasteiger partial charge in [0.25, 0.3) is 0 Å². The number of ether oxygens (including phenoxy) is 1. The van der Waals surface area contributed by atoms with E-state index in [9.17, 15) is 0 Å². The third-order valence-corrected chi connectivity index (χ3v) is 3.84. The maximum absolute atomic E-state index is 6.05. The van der Waals surface area contributed by atoms with E-state index in [-0.39, 0.29) is 6.10 Å². The summed E-state index contributed by atoms with van der Waals surface area (Å²) in [5, 5.41) is 3.51. The van der Waals surface area contributed by atoms with Gasteiger partial charge in [-0.1, -0.05) is 13.0 Å². The molecule has 2 nitrogen and oxygen atoms in total. The number of hydrogen-bond acceptors (Lipinski definition) is 2. The molecule has 0 aliphatic heterocycles. The van der Waals surface area contributed by atoms with Crippen LogP contribution in [0.5, 0.6) is 5.75 Å². The minimum absolute atomic E-state index is 0.263. The van der Waals surface area contributed by atoms with Crippen molar-refractivity contribution in [3.8, 4) is 5.75 Å². The predicted molar refractivity (Wildman–Crippen MR) is 80.9 cm³/mol. The Kier molecular flexibility index (Phi) is 5.26. The van der Waals surface area contributed by atoms with Crippen LogP contribution >= 0.6 is 0 Å². The highest BCUT2D eigenvalue weighted by atomic mass is 16.5. The van der Waals surface area contributed by atoms with Crippen LogP contribution in [0.4, 0.5) is 0 Å². The first-order valence-electron chi connectivity index (χ1n) is 7.71. The van der Waals surface area contributed by atoms with E-state index in [1.807, 2.05) is 0 Å². The Balaban J connectivity index is 1.83. The van der Waals surface area contributed by atoms with Crippen molar-refractivity contribution in [1.29, 1.82) is 0 Å². The van der Waals surface area contributed by atoms with Crippen LogP contribution in [0.25, 0.3) is 0 Å². The van der Waals surface area contributed by atoms with Crippen LogP contribution in [-0.4, -0.2) is 18.7 Å². The number of fused-ring (bicyclic) bond motifs is 1. The molecular formula is C17H27NO. The van der Waals surface area contributed by atoms with Crippen LogP contribution in [-0.2, 0) is 12.8 Å². The zero-order valence-electron chi connectivity index (χ0n) is 12.5. The van der Waals surface area contributed by atoms with Gasteiger partial charge in [0.2, 0.25) is 0 Å². The van der Waals surface area contributed by atoms with Crippen molar-refractivity contribution < 1.29 is 4.74 Å². The van der Waals surface area contributed by atoms with Gasteiger partial charge < -0.3 is 10.1 Å². The minimum Gasteiger partial charge on any atom is -0.491 e. The second-order valence-corrected chi connectivity index (χ2v) is 5.80. The predicted octanol–water partition coefficient (Wildman–Crippen LogP) is 3.72. The van der Waals surface area contributed by atoms with Crippen molar-refractivity contribution in [2.45, 2.75) is 65.0 Å². The van der Waals surface area contributed by atoms with E-state index in [0.29, 0.717) is 6.04 Å². The summed E-state index contributed by atoms with van der Waals surface area (Å²) in [4.78, 5) is 0. The number of rotatable bonds is 7. The summed E-state index contributed by atoms with van der Waals surface area (Å²) >= 11 is 0. The summed E-state index contributed by atoms with van der Waals surface area (Å²) in [6, 6.07) is 7.13. The molecule has 19 heavy (non-hydrogen) atoms. The third-order valence-electron chi connectivity index (χ3n) is 3.84. The molecule has 2 unspecified atom stereocenters. The molecule has 1 aliphatic carbocycles. The molecule has 0 spiro atoms. The Morgan fingerprint density at radius 1 is 1.21 bits per heavy atom. The first kappa shape index (κ1) is 14.4. The molecule has 0 bridgehead atoms. The Morgan fingerprint density at radius 3 is 2.79 bits per heavy atom. The quantitative estimate of drug-likeness (QED) is 0.807. The molecule has 0 saturated heterocycles. The van der Waals surface area contributed by atoms with Gasteiger partial charge in [-0.3, -0.25) is 0 Å². The molecular weight excluding hydrogens is 234 g/mol. The van der Waals surface area contributed by atoms with Gasteiger partial charge in [-0.2, -0.15) is 0 Å². The fraction of sp³-hybridized carbons (Fsp3) is 0.647. The van der Waals surface area contributed by atoms with E-state index in [0.717, 1.165) is 18.7 Å². The van der Waals surface area contributed by atoms with Gasteiger partial charge in [-0.25, -0.2) is 0 Å². The van der Waals surface area contributed by atoms with Crippen LogP contribution < -0.4 is 10.1 Å². The highest BCUT2D eigenvalue weighted by Crippen LogP contribution is 2.26. The van der Waals surface area contributed by atoms with Crippen molar-refractivity contribution >= 4 is 0 Å². The molecule has 1 aliphatic rings. The normalized spacial score (nSPS) is 17.0. The molecule has 0 heterocycles. The average Bonchev–Trinajstić information content (AvgIpc) is 2.83. The Hall–Kier alpha value is -1.02. The highest BCUT2D eigenvalue weighted by molar-refractivity contribution is 5.38. The largest absolute Gasteiger partial charge is 0.491 e. The van der Waals surface area contributed by atoms with E-state index in [2.05, 4.69) is 44.3 Å². The minimum atomic E-state index is 0.263. The zero-order valence-corrected chi connectivity index (χ0v) is 12.5. The van der Waals surface area contributed by atoms with Gasteiger partial charge in [-0.15, -0.1) is 0 Å². The number of aryl methyl sites for hydroxylation is 2. The lowest BCUT2D eigenvalue weighted by Gasteiger charge is -2.20. The maximum atomic E-state index is 6.05. The number of nitrogens with one attached hydrogen (secondary N) is 1. The van der Waals surface area contributed by atoms with E-state index < -0.39 is 0 Å². The van der Waals surface area contributed by atoms with Crippen molar-refractivity contribution in [3.05, 3.63) is 29.3 Å². The fourth-order valence-electron chi connectivity index (χ4n) is 2.87. The average molecular weight is 261 g/mol. The van der Waals surface area contributed by atoms with E-state index >= 15 is 0 Å². The molecule has 0 radical (unpaired) electrons. The standard InChI is InChI=1S/C17H27NO/c1-4-10-18-13(2)11-14(3)19-17-9-8-15-6-5-7-16(15)12-17/h8-9,12-14,18H,4-7,10-11H2,1-3H3. The molecule has 2 heteroatoms. The molecule has 2 rings (SSSR count). The lowest BCUT2D eigenvalue weighted by molar-refractivity contribution is 0.196.